The maximum Gasteiger partial charge on any atom is 0.123 e. The molecule has 0 saturated carbocycles. The summed E-state index contributed by atoms with van der Waals surface area (Å²) in [4.78, 5) is 0. The van der Waals surface area contributed by atoms with Crippen LogP contribution < -0.4 is 5.73 Å². The SMILES string of the molecule is NC(CCc1ccsc1)c1cc(F)ccc1Br. The first-order valence-corrected chi connectivity index (χ1v) is 7.12. The minimum absolute atomic E-state index is 0.139. The van der Waals surface area contributed by atoms with E-state index >= 15 is 0 Å². The van der Waals surface area contributed by atoms with Crippen LogP contribution in [0.5, 0.6) is 0 Å². The monoisotopic (exact) mass is 313 g/mol. The van der Waals surface area contributed by atoms with E-state index in [0.29, 0.717) is 0 Å². The molecular weight excluding hydrogens is 301 g/mol. The van der Waals surface area contributed by atoms with Gasteiger partial charge in [0.25, 0.3) is 0 Å². The second kappa shape index (κ2) is 5.76. The average Bonchev–Trinajstić information content (AvgIpc) is 2.82. The van der Waals surface area contributed by atoms with Crippen LogP contribution in [0.15, 0.2) is 39.5 Å². The number of halogens is 2. The Morgan fingerprint density at radius 1 is 1.35 bits per heavy atom. The Morgan fingerprint density at radius 3 is 2.88 bits per heavy atom. The van der Waals surface area contributed by atoms with Gasteiger partial charge in [0.1, 0.15) is 5.82 Å². The Bertz CT molecular complexity index is 484. The third-order valence-electron chi connectivity index (χ3n) is 2.68. The lowest BCUT2D eigenvalue weighted by molar-refractivity contribution is 0.608. The van der Waals surface area contributed by atoms with Gasteiger partial charge >= 0.3 is 0 Å². The van der Waals surface area contributed by atoms with Crippen molar-refractivity contribution in [1.82, 2.24) is 0 Å². The summed E-state index contributed by atoms with van der Waals surface area (Å²) in [5.74, 6) is -0.241. The molecule has 4 heteroatoms. The fourth-order valence-corrected chi connectivity index (χ4v) is 2.96. The Balaban J connectivity index is 2.04. The molecule has 1 atom stereocenters. The molecule has 1 unspecified atom stereocenters. The van der Waals surface area contributed by atoms with E-state index in [1.165, 1.54) is 17.7 Å². The van der Waals surface area contributed by atoms with Gasteiger partial charge in [-0.15, -0.1) is 0 Å². The van der Waals surface area contributed by atoms with E-state index < -0.39 is 0 Å². The number of hydrogen-bond donors (Lipinski definition) is 1. The van der Waals surface area contributed by atoms with Crippen LogP contribution in [0.2, 0.25) is 0 Å². The Morgan fingerprint density at radius 2 is 2.18 bits per heavy atom. The van der Waals surface area contributed by atoms with Gasteiger partial charge in [0.2, 0.25) is 0 Å². The molecule has 0 aliphatic rings. The summed E-state index contributed by atoms with van der Waals surface area (Å²) in [5, 5.41) is 4.17. The van der Waals surface area contributed by atoms with Crippen molar-refractivity contribution in [3.63, 3.8) is 0 Å². The Kier molecular flexibility index (Phi) is 4.31. The molecule has 0 bridgehead atoms. The lowest BCUT2D eigenvalue weighted by Crippen LogP contribution is -2.12. The highest BCUT2D eigenvalue weighted by atomic mass is 79.9. The van der Waals surface area contributed by atoms with Crippen LogP contribution in [-0.4, -0.2) is 0 Å². The van der Waals surface area contributed by atoms with Gasteiger partial charge < -0.3 is 5.73 Å². The molecule has 90 valence electrons. The molecule has 0 radical (unpaired) electrons. The van der Waals surface area contributed by atoms with Gasteiger partial charge in [0.05, 0.1) is 0 Å². The van der Waals surface area contributed by atoms with Crippen LogP contribution in [-0.2, 0) is 6.42 Å². The van der Waals surface area contributed by atoms with E-state index in [0.717, 1.165) is 22.9 Å². The summed E-state index contributed by atoms with van der Waals surface area (Å²) in [6.07, 6.45) is 1.74. The van der Waals surface area contributed by atoms with Crippen molar-refractivity contribution in [3.8, 4) is 0 Å². The molecular formula is C13H13BrFNS. The summed E-state index contributed by atoms with van der Waals surface area (Å²) < 4.78 is 14.0. The number of aryl methyl sites for hydroxylation is 1. The van der Waals surface area contributed by atoms with E-state index in [1.807, 2.05) is 0 Å². The van der Waals surface area contributed by atoms with Gasteiger partial charge in [-0.2, -0.15) is 11.3 Å². The first-order chi connectivity index (χ1) is 8.16. The number of nitrogens with two attached hydrogens (primary N) is 1. The molecule has 2 rings (SSSR count). The third-order valence-corrected chi connectivity index (χ3v) is 4.14. The highest BCUT2D eigenvalue weighted by Crippen LogP contribution is 2.26. The molecule has 0 fully saturated rings. The molecule has 1 aromatic carbocycles. The maximum absolute atomic E-state index is 13.1. The second-order valence-corrected chi connectivity index (χ2v) is 5.58. The summed E-state index contributed by atoms with van der Waals surface area (Å²) in [5.41, 5.74) is 8.21. The molecule has 0 aliphatic heterocycles. The molecule has 0 saturated heterocycles. The van der Waals surface area contributed by atoms with Crippen LogP contribution >= 0.6 is 27.3 Å². The molecule has 2 N–H and O–H groups in total. The van der Waals surface area contributed by atoms with Gasteiger partial charge in [-0.25, -0.2) is 4.39 Å². The van der Waals surface area contributed by atoms with E-state index in [9.17, 15) is 4.39 Å². The standard InChI is InChI=1S/C13H13BrFNS/c14-12-3-2-10(15)7-11(12)13(16)4-1-9-5-6-17-8-9/h2-3,5-8,13H,1,4,16H2. The van der Waals surface area contributed by atoms with Crippen LogP contribution in [0.25, 0.3) is 0 Å². The molecule has 2 aromatic rings. The van der Waals surface area contributed by atoms with Crippen molar-refractivity contribution in [3.05, 3.63) is 56.4 Å². The van der Waals surface area contributed by atoms with E-state index in [1.54, 1.807) is 17.4 Å². The summed E-state index contributed by atoms with van der Waals surface area (Å²) >= 11 is 5.09. The average molecular weight is 314 g/mol. The van der Waals surface area contributed by atoms with Gasteiger partial charge in [0.15, 0.2) is 0 Å². The van der Waals surface area contributed by atoms with E-state index in [2.05, 4.69) is 32.8 Å². The van der Waals surface area contributed by atoms with Crippen molar-refractivity contribution in [1.29, 1.82) is 0 Å². The zero-order chi connectivity index (χ0) is 12.3. The van der Waals surface area contributed by atoms with Crippen molar-refractivity contribution < 1.29 is 4.39 Å². The van der Waals surface area contributed by atoms with Crippen molar-refractivity contribution in [2.75, 3.05) is 0 Å². The lowest BCUT2D eigenvalue weighted by Gasteiger charge is -2.13. The third kappa shape index (κ3) is 3.37. The highest BCUT2D eigenvalue weighted by Gasteiger charge is 2.11. The summed E-state index contributed by atoms with van der Waals surface area (Å²) in [6.45, 7) is 0. The minimum atomic E-state index is -0.241. The predicted octanol–water partition coefficient (Wildman–Crippen LogP) is 4.28. The first kappa shape index (κ1) is 12.7. The maximum atomic E-state index is 13.1. The number of rotatable bonds is 4. The number of hydrogen-bond acceptors (Lipinski definition) is 2. The second-order valence-electron chi connectivity index (χ2n) is 3.94. The molecule has 17 heavy (non-hydrogen) atoms. The van der Waals surface area contributed by atoms with Crippen LogP contribution in [0.3, 0.4) is 0 Å². The van der Waals surface area contributed by atoms with Gasteiger partial charge in [-0.3, -0.25) is 0 Å². The van der Waals surface area contributed by atoms with Crippen molar-refractivity contribution in [2.45, 2.75) is 18.9 Å². The number of benzene rings is 1. The highest BCUT2D eigenvalue weighted by molar-refractivity contribution is 9.10. The Labute approximate surface area is 113 Å². The topological polar surface area (TPSA) is 26.0 Å². The molecule has 1 heterocycles. The van der Waals surface area contributed by atoms with Gasteiger partial charge in [-0.1, -0.05) is 15.9 Å². The largest absolute Gasteiger partial charge is 0.324 e. The van der Waals surface area contributed by atoms with E-state index in [4.69, 9.17) is 5.73 Å². The molecule has 0 spiro atoms. The van der Waals surface area contributed by atoms with Crippen LogP contribution in [0.4, 0.5) is 4.39 Å². The van der Waals surface area contributed by atoms with Gasteiger partial charge in [-0.05, 0) is 59.0 Å². The zero-order valence-electron chi connectivity index (χ0n) is 9.20. The minimum Gasteiger partial charge on any atom is -0.324 e. The molecule has 0 amide bonds. The van der Waals surface area contributed by atoms with Gasteiger partial charge in [0, 0.05) is 10.5 Å². The normalized spacial score (nSPS) is 12.6. The quantitative estimate of drug-likeness (QED) is 0.895. The summed E-state index contributed by atoms with van der Waals surface area (Å²) in [6, 6.07) is 6.59. The molecule has 0 aliphatic carbocycles. The molecule has 1 aromatic heterocycles. The van der Waals surface area contributed by atoms with Crippen LogP contribution in [0, 0.1) is 5.82 Å². The van der Waals surface area contributed by atoms with Crippen molar-refractivity contribution in [2.24, 2.45) is 5.73 Å². The number of thiophene rings is 1. The fourth-order valence-electron chi connectivity index (χ4n) is 1.71. The zero-order valence-corrected chi connectivity index (χ0v) is 11.6. The first-order valence-electron chi connectivity index (χ1n) is 5.38. The Hall–Kier alpha value is -0.710. The fraction of sp³-hybridized carbons (Fsp3) is 0.231. The smallest absolute Gasteiger partial charge is 0.123 e. The predicted molar refractivity (Wildman–Crippen MR) is 73.7 cm³/mol. The lowest BCUT2D eigenvalue weighted by atomic mass is 10.0. The molecule has 1 nitrogen and oxygen atoms in total. The van der Waals surface area contributed by atoms with Crippen molar-refractivity contribution >= 4 is 27.3 Å². The summed E-state index contributed by atoms with van der Waals surface area (Å²) in [7, 11) is 0. The van der Waals surface area contributed by atoms with Crippen LogP contribution in [0.1, 0.15) is 23.6 Å². The van der Waals surface area contributed by atoms with E-state index in [-0.39, 0.29) is 11.9 Å².